The molecule has 0 bridgehead atoms. The Morgan fingerprint density at radius 3 is 2.79 bits per heavy atom. The second-order valence-electron chi connectivity index (χ2n) is 4.50. The average Bonchev–Trinajstić information content (AvgIpc) is 2.99. The van der Waals surface area contributed by atoms with E-state index in [2.05, 4.69) is 17.5 Å². The van der Waals surface area contributed by atoms with Gasteiger partial charge in [0.25, 0.3) is 0 Å². The minimum absolute atomic E-state index is 0.121. The highest BCUT2D eigenvalue weighted by molar-refractivity contribution is 5.89. The van der Waals surface area contributed by atoms with E-state index in [-0.39, 0.29) is 11.8 Å². The first-order valence-corrected chi connectivity index (χ1v) is 5.63. The number of carbonyl (C=O) groups excluding carboxylic acids is 1. The summed E-state index contributed by atoms with van der Waals surface area (Å²) in [4.78, 5) is 11.3. The van der Waals surface area contributed by atoms with E-state index >= 15 is 0 Å². The lowest BCUT2D eigenvalue weighted by atomic mass is 9.89. The summed E-state index contributed by atoms with van der Waals surface area (Å²) in [5, 5.41) is 4.24. The zero-order valence-electron chi connectivity index (χ0n) is 8.75. The highest BCUT2D eigenvalue weighted by atomic mass is 16.2. The number of hydrogen-bond acceptors (Lipinski definition) is 2. The Kier molecular flexibility index (Phi) is 2.85. The molecule has 0 heterocycles. The standard InChI is InChI=1S/C11H18N2O/c1-8-4-2-3-5-10(8)12-13-11(14)9-6-7-9/h8-9H,2-7H2,1H3,(H,13,14). The summed E-state index contributed by atoms with van der Waals surface area (Å²) in [7, 11) is 0. The van der Waals surface area contributed by atoms with Crippen LogP contribution in [0.3, 0.4) is 0 Å². The molecule has 0 aromatic rings. The van der Waals surface area contributed by atoms with Crippen LogP contribution in [0.4, 0.5) is 0 Å². The monoisotopic (exact) mass is 194 g/mol. The van der Waals surface area contributed by atoms with E-state index in [1.807, 2.05) is 0 Å². The molecular formula is C11H18N2O. The van der Waals surface area contributed by atoms with Crippen molar-refractivity contribution in [3.8, 4) is 0 Å². The van der Waals surface area contributed by atoms with Gasteiger partial charge in [0.05, 0.1) is 0 Å². The first-order valence-electron chi connectivity index (χ1n) is 5.63. The van der Waals surface area contributed by atoms with Crippen molar-refractivity contribution in [3.05, 3.63) is 0 Å². The van der Waals surface area contributed by atoms with E-state index in [0.29, 0.717) is 5.92 Å². The van der Waals surface area contributed by atoms with Crippen molar-refractivity contribution in [2.24, 2.45) is 16.9 Å². The van der Waals surface area contributed by atoms with E-state index in [1.54, 1.807) is 0 Å². The van der Waals surface area contributed by atoms with Gasteiger partial charge in [0.1, 0.15) is 0 Å². The molecule has 78 valence electrons. The first-order chi connectivity index (χ1) is 6.77. The van der Waals surface area contributed by atoms with Crippen molar-refractivity contribution >= 4 is 11.6 Å². The molecule has 2 aliphatic carbocycles. The van der Waals surface area contributed by atoms with Crippen LogP contribution >= 0.6 is 0 Å². The van der Waals surface area contributed by atoms with Crippen molar-refractivity contribution in [1.82, 2.24) is 5.43 Å². The fraction of sp³-hybridized carbons (Fsp3) is 0.818. The van der Waals surface area contributed by atoms with E-state index in [1.165, 1.54) is 25.0 Å². The SMILES string of the molecule is CC1CCCCC1=NNC(=O)C1CC1. The van der Waals surface area contributed by atoms with E-state index in [4.69, 9.17) is 0 Å². The maximum Gasteiger partial charge on any atom is 0.243 e. The molecule has 2 saturated carbocycles. The largest absolute Gasteiger partial charge is 0.273 e. The molecule has 0 radical (unpaired) electrons. The van der Waals surface area contributed by atoms with Crippen LogP contribution in [0.5, 0.6) is 0 Å². The summed E-state index contributed by atoms with van der Waals surface area (Å²) in [5.74, 6) is 0.941. The molecular weight excluding hydrogens is 176 g/mol. The Labute approximate surface area is 85.0 Å². The van der Waals surface area contributed by atoms with Gasteiger partial charge in [-0.15, -0.1) is 0 Å². The van der Waals surface area contributed by atoms with Gasteiger partial charge in [-0.25, -0.2) is 5.43 Å². The molecule has 2 rings (SSSR count). The van der Waals surface area contributed by atoms with Gasteiger partial charge in [-0.3, -0.25) is 4.79 Å². The molecule has 1 atom stereocenters. The van der Waals surface area contributed by atoms with Crippen LogP contribution in [-0.4, -0.2) is 11.6 Å². The lowest BCUT2D eigenvalue weighted by molar-refractivity contribution is -0.122. The van der Waals surface area contributed by atoms with Crippen molar-refractivity contribution in [1.29, 1.82) is 0 Å². The van der Waals surface area contributed by atoms with Gasteiger partial charge < -0.3 is 0 Å². The molecule has 3 heteroatoms. The zero-order valence-corrected chi connectivity index (χ0v) is 8.75. The molecule has 0 aromatic heterocycles. The van der Waals surface area contributed by atoms with Crippen LogP contribution in [0.1, 0.15) is 45.4 Å². The third-order valence-corrected chi connectivity index (χ3v) is 3.15. The van der Waals surface area contributed by atoms with Gasteiger partial charge in [0.2, 0.25) is 5.91 Å². The fourth-order valence-electron chi connectivity index (χ4n) is 1.90. The molecule has 1 N–H and O–H groups in total. The summed E-state index contributed by atoms with van der Waals surface area (Å²) in [6.45, 7) is 2.20. The third-order valence-electron chi connectivity index (χ3n) is 3.15. The van der Waals surface area contributed by atoms with Crippen LogP contribution < -0.4 is 5.43 Å². The van der Waals surface area contributed by atoms with Crippen molar-refractivity contribution in [3.63, 3.8) is 0 Å². The van der Waals surface area contributed by atoms with Crippen LogP contribution in [0, 0.1) is 11.8 Å². The van der Waals surface area contributed by atoms with Crippen molar-refractivity contribution in [2.45, 2.75) is 45.4 Å². The van der Waals surface area contributed by atoms with Gasteiger partial charge in [0, 0.05) is 11.6 Å². The first kappa shape index (κ1) is 9.69. The molecule has 0 spiro atoms. The minimum atomic E-state index is 0.121. The molecule has 3 nitrogen and oxygen atoms in total. The minimum Gasteiger partial charge on any atom is -0.273 e. The Balaban J connectivity index is 1.85. The van der Waals surface area contributed by atoms with E-state index in [9.17, 15) is 4.79 Å². The number of amides is 1. The quantitative estimate of drug-likeness (QED) is 0.672. The Bertz CT molecular complexity index is 256. The van der Waals surface area contributed by atoms with Gasteiger partial charge in [-0.05, 0) is 38.0 Å². The summed E-state index contributed by atoms with van der Waals surface area (Å²) in [6, 6.07) is 0. The Morgan fingerprint density at radius 2 is 2.14 bits per heavy atom. The molecule has 0 saturated heterocycles. The molecule has 1 unspecified atom stereocenters. The lowest BCUT2D eigenvalue weighted by Gasteiger charge is -2.19. The average molecular weight is 194 g/mol. The zero-order chi connectivity index (χ0) is 9.97. The highest BCUT2D eigenvalue weighted by Gasteiger charge is 2.29. The predicted molar refractivity (Wildman–Crippen MR) is 55.9 cm³/mol. The second-order valence-corrected chi connectivity index (χ2v) is 4.50. The summed E-state index contributed by atoms with van der Waals surface area (Å²) in [5.41, 5.74) is 3.88. The topological polar surface area (TPSA) is 41.5 Å². The molecule has 1 amide bonds. The molecule has 0 aromatic carbocycles. The Hall–Kier alpha value is -0.860. The van der Waals surface area contributed by atoms with Gasteiger partial charge in [-0.1, -0.05) is 13.3 Å². The molecule has 14 heavy (non-hydrogen) atoms. The summed E-state index contributed by atoms with van der Waals surface area (Å²) >= 11 is 0. The number of hydrazone groups is 1. The normalized spacial score (nSPS) is 30.4. The summed E-state index contributed by atoms with van der Waals surface area (Å²) in [6.07, 6.45) is 6.90. The van der Waals surface area contributed by atoms with Gasteiger partial charge >= 0.3 is 0 Å². The number of rotatable bonds is 2. The van der Waals surface area contributed by atoms with E-state index in [0.717, 1.165) is 19.3 Å². The molecule has 2 aliphatic rings. The Morgan fingerprint density at radius 1 is 1.36 bits per heavy atom. The number of nitrogens with zero attached hydrogens (tertiary/aromatic N) is 1. The fourth-order valence-corrected chi connectivity index (χ4v) is 1.90. The number of hydrogen-bond donors (Lipinski definition) is 1. The molecule has 0 aliphatic heterocycles. The van der Waals surface area contributed by atoms with Crippen LogP contribution in [-0.2, 0) is 4.79 Å². The maximum absolute atomic E-state index is 11.3. The van der Waals surface area contributed by atoms with Crippen LogP contribution in [0.2, 0.25) is 0 Å². The second kappa shape index (κ2) is 4.11. The van der Waals surface area contributed by atoms with Crippen LogP contribution in [0.25, 0.3) is 0 Å². The molecule has 2 fully saturated rings. The number of nitrogens with one attached hydrogen (secondary N) is 1. The predicted octanol–water partition coefficient (Wildman–Crippen LogP) is 2.08. The smallest absolute Gasteiger partial charge is 0.243 e. The highest BCUT2D eigenvalue weighted by Crippen LogP contribution is 2.28. The third kappa shape index (κ3) is 2.34. The van der Waals surface area contributed by atoms with Crippen LogP contribution in [0.15, 0.2) is 5.10 Å². The van der Waals surface area contributed by atoms with Gasteiger partial charge in [0.15, 0.2) is 0 Å². The van der Waals surface area contributed by atoms with E-state index < -0.39 is 0 Å². The van der Waals surface area contributed by atoms with Gasteiger partial charge in [-0.2, -0.15) is 5.10 Å². The number of carbonyl (C=O) groups is 1. The lowest BCUT2D eigenvalue weighted by Crippen LogP contribution is -2.25. The van der Waals surface area contributed by atoms with Crippen molar-refractivity contribution < 1.29 is 4.79 Å². The maximum atomic E-state index is 11.3. The summed E-state index contributed by atoms with van der Waals surface area (Å²) < 4.78 is 0. The van der Waals surface area contributed by atoms with Crippen molar-refractivity contribution in [2.75, 3.05) is 0 Å².